The third-order valence-corrected chi connectivity index (χ3v) is 5.31. The molecule has 0 saturated carbocycles. The second-order valence-corrected chi connectivity index (χ2v) is 7.49. The highest BCUT2D eigenvalue weighted by Gasteiger charge is 2.42. The van der Waals surface area contributed by atoms with Crippen LogP contribution < -0.4 is 4.74 Å². The van der Waals surface area contributed by atoms with Crippen LogP contribution in [0.4, 0.5) is 0 Å². The van der Waals surface area contributed by atoms with E-state index in [9.17, 15) is 0 Å². The second-order valence-electron chi connectivity index (χ2n) is 7.49. The Bertz CT molecular complexity index is 1040. The Balaban J connectivity index is 1.53. The molecule has 2 saturated heterocycles. The summed E-state index contributed by atoms with van der Waals surface area (Å²) in [6.07, 6.45) is 3.58. The van der Waals surface area contributed by atoms with Crippen LogP contribution in [-0.2, 0) is 14.2 Å². The minimum absolute atomic E-state index is 0.458. The van der Waals surface area contributed by atoms with Crippen molar-refractivity contribution in [2.45, 2.75) is 25.6 Å². The van der Waals surface area contributed by atoms with E-state index in [0.717, 1.165) is 41.3 Å². The number of benzene rings is 2. The number of hydrogen-bond donors (Lipinski definition) is 0. The van der Waals surface area contributed by atoms with E-state index in [0.29, 0.717) is 25.7 Å². The van der Waals surface area contributed by atoms with Crippen molar-refractivity contribution in [1.29, 1.82) is 0 Å². The molecule has 6 heteroatoms. The molecule has 6 nitrogen and oxygen atoms in total. The van der Waals surface area contributed by atoms with Crippen LogP contribution in [0.15, 0.2) is 66.4 Å². The van der Waals surface area contributed by atoms with E-state index in [1.165, 1.54) is 0 Å². The largest absolute Gasteiger partial charge is 0.464 e. The number of rotatable bonds is 4. The van der Waals surface area contributed by atoms with E-state index >= 15 is 0 Å². The normalized spacial score (nSPS) is 22.4. The Hall–Kier alpha value is -3.09. The molecule has 0 bridgehead atoms. The molecule has 154 valence electrons. The lowest BCUT2D eigenvalue weighted by Gasteiger charge is -2.32. The van der Waals surface area contributed by atoms with Gasteiger partial charge in [-0.15, -0.1) is 0 Å². The molecular formula is C24H24N2O4. The van der Waals surface area contributed by atoms with Gasteiger partial charge in [0.1, 0.15) is 18.1 Å². The highest BCUT2D eigenvalue weighted by atomic mass is 16.7. The van der Waals surface area contributed by atoms with Gasteiger partial charge in [0.25, 0.3) is 0 Å². The van der Waals surface area contributed by atoms with Gasteiger partial charge in [-0.2, -0.15) is 9.78 Å². The van der Waals surface area contributed by atoms with Gasteiger partial charge < -0.3 is 18.9 Å². The van der Waals surface area contributed by atoms with Crippen LogP contribution in [0, 0.1) is 6.92 Å². The fourth-order valence-electron chi connectivity index (χ4n) is 3.80. The molecule has 3 aromatic rings. The molecule has 1 unspecified atom stereocenters. The third-order valence-electron chi connectivity index (χ3n) is 5.31. The Kier molecular flexibility index (Phi) is 5.02. The molecule has 1 atom stereocenters. The van der Waals surface area contributed by atoms with Gasteiger partial charge in [0.2, 0.25) is 11.7 Å². The molecule has 3 heterocycles. The summed E-state index contributed by atoms with van der Waals surface area (Å²) in [5, 5.41) is 4.76. The molecular weight excluding hydrogens is 380 g/mol. The summed E-state index contributed by atoms with van der Waals surface area (Å²) in [7, 11) is 0. The molecule has 2 fully saturated rings. The summed E-state index contributed by atoms with van der Waals surface area (Å²) in [4.78, 5) is 0. The van der Waals surface area contributed by atoms with Crippen LogP contribution in [0.1, 0.15) is 24.1 Å². The van der Waals surface area contributed by atoms with Gasteiger partial charge in [0, 0.05) is 12.8 Å². The summed E-state index contributed by atoms with van der Waals surface area (Å²) >= 11 is 0. The summed E-state index contributed by atoms with van der Waals surface area (Å²) in [6.45, 7) is 3.61. The van der Waals surface area contributed by atoms with Crippen molar-refractivity contribution >= 4 is 6.08 Å². The van der Waals surface area contributed by atoms with Gasteiger partial charge in [-0.1, -0.05) is 36.4 Å². The van der Waals surface area contributed by atoms with E-state index in [4.69, 9.17) is 24.0 Å². The molecule has 2 aliphatic rings. The standard InChI is InChI=1S/C24H24N2O4/c1-18-22(16-21-12-13-24(30-21)17-27-14-15-28-24)23(29-20-10-6-3-7-11-20)26(25-18)19-8-4-2-5-9-19/h2-11,16H,12-15,17H2,1H3/b21-16-. The zero-order valence-corrected chi connectivity index (χ0v) is 16.9. The summed E-state index contributed by atoms with van der Waals surface area (Å²) in [5.74, 6) is 1.60. The van der Waals surface area contributed by atoms with Crippen LogP contribution >= 0.6 is 0 Å². The van der Waals surface area contributed by atoms with Gasteiger partial charge in [-0.25, -0.2) is 0 Å². The van der Waals surface area contributed by atoms with Crippen molar-refractivity contribution in [3.05, 3.63) is 77.7 Å². The first-order valence-electron chi connectivity index (χ1n) is 10.2. The van der Waals surface area contributed by atoms with Crippen molar-refractivity contribution in [3.8, 4) is 17.3 Å². The Morgan fingerprint density at radius 1 is 1.03 bits per heavy atom. The molecule has 0 N–H and O–H groups in total. The number of nitrogens with zero attached hydrogens (tertiary/aromatic N) is 2. The molecule has 2 aromatic carbocycles. The predicted octanol–water partition coefficient (Wildman–Crippen LogP) is 4.87. The monoisotopic (exact) mass is 404 g/mol. The second kappa shape index (κ2) is 7.97. The molecule has 0 radical (unpaired) electrons. The van der Waals surface area contributed by atoms with Crippen LogP contribution in [0.5, 0.6) is 11.6 Å². The van der Waals surface area contributed by atoms with Crippen LogP contribution in [0.25, 0.3) is 11.8 Å². The van der Waals surface area contributed by atoms with E-state index in [1.54, 1.807) is 0 Å². The zero-order chi connectivity index (χ0) is 20.4. The van der Waals surface area contributed by atoms with Crippen LogP contribution in [0.3, 0.4) is 0 Å². The molecule has 0 aliphatic carbocycles. The SMILES string of the molecule is Cc1nn(-c2ccccc2)c(Oc2ccccc2)c1/C=C1/CCC2(COCCO2)O1. The number of ether oxygens (including phenoxy) is 4. The Morgan fingerprint density at radius 2 is 1.80 bits per heavy atom. The maximum absolute atomic E-state index is 6.31. The molecule has 0 amide bonds. The van der Waals surface area contributed by atoms with Crippen LogP contribution in [-0.4, -0.2) is 35.4 Å². The maximum Gasteiger partial charge on any atom is 0.234 e. The third kappa shape index (κ3) is 3.72. The topological polar surface area (TPSA) is 54.7 Å². The van der Waals surface area contributed by atoms with Crippen molar-refractivity contribution in [2.24, 2.45) is 0 Å². The minimum atomic E-state index is -0.659. The van der Waals surface area contributed by atoms with Gasteiger partial charge in [-0.3, -0.25) is 0 Å². The minimum Gasteiger partial charge on any atom is -0.464 e. The Labute approximate surface area is 175 Å². The quantitative estimate of drug-likeness (QED) is 0.621. The fourth-order valence-corrected chi connectivity index (χ4v) is 3.80. The number of aromatic nitrogens is 2. The van der Waals surface area contributed by atoms with Gasteiger partial charge in [-0.05, 0) is 37.3 Å². The fraction of sp³-hybridized carbons (Fsp3) is 0.292. The predicted molar refractivity (Wildman–Crippen MR) is 113 cm³/mol. The smallest absolute Gasteiger partial charge is 0.234 e. The van der Waals surface area contributed by atoms with Crippen molar-refractivity contribution in [2.75, 3.05) is 19.8 Å². The average Bonchev–Trinajstić information content (AvgIpc) is 3.31. The summed E-state index contributed by atoms with van der Waals surface area (Å²) < 4.78 is 25.8. The van der Waals surface area contributed by atoms with Crippen molar-refractivity contribution in [1.82, 2.24) is 9.78 Å². The molecule has 30 heavy (non-hydrogen) atoms. The highest BCUT2D eigenvalue weighted by molar-refractivity contribution is 5.62. The van der Waals surface area contributed by atoms with E-state index < -0.39 is 5.79 Å². The first-order chi connectivity index (χ1) is 14.7. The molecule has 5 rings (SSSR count). The first-order valence-corrected chi connectivity index (χ1v) is 10.2. The maximum atomic E-state index is 6.31. The van der Waals surface area contributed by atoms with Gasteiger partial charge in [0.05, 0.1) is 30.2 Å². The lowest BCUT2D eigenvalue weighted by Crippen LogP contribution is -2.42. The van der Waals surface area contributed by atoms with Crippen molar-refractivity contribution < 1.29 is 18.9 Å². The Morgan fingerprint density at radius 3 is 2.53 bits per heavy atom. The molecule has 1 spiro atoms. The van der Waals surface area contributed by atoms with Crippen LogP contribution in [0.2, 0.25) is 0 Å². The summed E-state index contributed by atoms with van der Waals surface area (Å²) in [5.41, 5.74) is 2.69. The molecule has 1 aromatic heterocycles. The van der Waals surface area contributed by atoms with E-state index in [2.05, 4.69) is 0 Å². The number of para-hydroxylation sites is 2. The lowest BCUT2D eigenvalue weighted by molar-refractivity contribution is -0.261. The summed E-state index contributed by atoms with van der Waals surface area (Å²) in [6, 6.07) is 19.7. The van der Waals surface area contributed by atoms with Gasteiger partial charge in [0.15, 0.2) is 0 Å². The van der Waals surface area contributed by atoms with Crippen molar-refractivity contribution in [3.63, 3.8) is 0 Å². The van der Waals surface area contributed by atoms with E-state index in [1.807, 2.05) is 78.3 Å². The van der Waals surface area contributed by atoms with E-state index in [-0.39, 0.29) is 0 Å². The van der Waals surface area contributed by atoms with Gasteiger partial charge >= 0.3 is 0 Å². The molecule has 2 aliphatic heterocycles. The zero-order valence-electron chi connectivity index (χ0n) is 16.9. The lowest BCUT2D eigenvalue weighted by atomic mass is 10.1. The number of hydrogen-bond acceptors (Lipinski definition) is 5. The number of aryl methyl sites for hydroxylation is 1. The average molecular weight is 404 g/mol. The first kappa shape index (κ1) is 18.9. The highest BCUT2D eigenvalue weighted by Crippen LogP contribution is 2.39. The number of allylic oxidation sites excluding steroid dienone is 1.